The first-order chi connectivity index (χ1) is 4.70. The molecule has 0 aromatic carbocycles. The summed E-state index contributed by atoms with van der Waals surface area (Å²) in [4.78, 5) is 3.34. The van der Waals surface area contributed by atoms with Gasteiger partial charge in [-0.25, -0.2) is 4.98 Å². The van der Waals surface area contributed by atoms with Crippen molar-refractivity contribution in [2.75, 3.05) is 0 Å². The van der Waals surface area contributed by atoms with E-state index in [1.165, 1.54) is 12.3 Å². The number of aromatic nitrogens is 1. The zero-order valence-electron chi connectivity index (χ0n) is 5.58. The Kier molecular flexibility index (Phi) is 1.97. The molecule has 54 valence electrons. The Hall–Kier alpha value is -0.960. The van der Waals surface area contributed by atoms with Crippen molar-refractivity contribution in [1.82, 2.24) is 4.98 Å². The Morgan fingerprint density at radius 2 is 2.40 bits per heavy atom. The Morgan fingerprint density at radius 3 is 2.80 bits per heavy atom. The number of nitrogens with zero attached hydrogens (tertiary/aromatic N) is 1. The van der Waals surface area contributed by atoms with Crippen molar-refractivity contribution in [3.05, 3.63) is 29.8 Å². The maximum absolute atomic E-state index is 12.3. The van der Waals surface area contributed by atoms with Crippen molar-refractivity contribution in [2.45, 2.75) is 13.0 Å². The monoisotopic (exact) mass is 141 g/mol. The summed E-state index contributed by atoms with van der Waals surface area (Å²) < 4.78 is 12.3. The van der Waals surface area contributed by atoms with Gasteiger partial charge >= 0.3 is 0 Å². The smallest absolute Gasteiger partial charge is 0.213 e. The normalized spacial score (nSPS) is 13.1. The molecule has 0 spiro atoms. The molecule has 10 heavy (non-hydrogen) atoms. The topological polar surface area (TPSA) is 33.1 Å². The van der Waals surface area contributed by atoms with Gasteiger partial charge in [0.2, 0.25) is 5.95 Å². The van der Waals surface area contributed by atoms with Crippen molar-refractivity contribution in [3.63, 3.8) is 0 Å². The number of rotatable bonds is 1. The van der Waals surface area contributed by atoms with E-state index < -0.39 is 12.1 Å². The molecular formula is C7H8FNO. The van der Waals surface area contributed by atoms with Gasteiger partial charge in [0.15, 0.2) is 0 Å². The van der Waals surface area contributed by atoms with Crippen LogP contribution in [-0.2, 0) is 0 Å². The van der Waals surface area contributed by atoms with Crippen LogP contribution in [0.25, 0.3) is 0 Å². The average Bonchev–Trinajstić information content (AvgIpc) is 1.88. The van der Waals surface area contributed by atoms with Crippen LogP contribution < -0.4 is 0 Å². The second kappa shape index (κ2) is 2.75. The second-order valence-electron chi connectivity index (χ2n) is 2.09. The van der Waals surface area contributed by atoms with Crippen molar-refractivity contribution in [3.8, 4) is 0 Å². The molecular weight excluding hydrogens is 133 g/mol. The first-order valence-electron chi connectivity index (χ1n) is 2.99. The minimum Gasteiger partial charge on any atom is -0.389 e. The summed E-state index contributed by atoms with van der Waals surface area (Å²) in [5.41, 5.74) is 0.549. The third kappa shape index (κ3) is 1.51. The van der Waals surface area contributed by atoms with Crippen LogP contribution in [0.3, 0.4) is 0 Å². The van der Waals surface area contributed by atoms with Gasteiger partial charge in [-0.05, 0) is 24.6 Å². The average molecular weight is 141 g/mol. The molecule has 3 heteroatoms. The quantitative estimate of drug-likeness (QED) is 0.597. The molecule has 0 fully saturated rings. The highest BCUT2D eigenvalue weighted by Crippen LogP contribution is 2.10. The van der Waals surface area contributed by atoms with Gasteiger partial charge in [-0.2, -0.15) is 4.39 Å². The molecule has 0 aliphatic carbocycles. The maximum atomic E-state index is 12.3. The van der Waals surface area contributed by atoms with Gasteiger partial charge in [0.1, 0.15) is 0 Å². The Labute approximate surface area is 58.3 Å². The molecule has 1 aromatic rings. The van der Waals surface area contributed by atoms with E-state index in [1.54, 1.807) is 13.0 Å². The van der Waals surface area contributed by atoms with Crippen molar-refractivity contribution in [2.24, 2.45) is 0 Å². The standard InChI is InChI=1S/C7H8FNO/c1-5(10)6-2-3-9-7(8)4-6/h2-5,10H,1H3/t5-/m1/s1. The predicted octanol–water partition coefficient (Wildman–Crippen LogP) is 1.27. The molecule has 1 aromatic heterocycles. The number of pyridine rings is 1. The van der Waals surface area contributed by atoms with E-state index in [2.05, 4.69) is 4.98 Å². The minimum absolute atomic E-state index is 0.549. The molecule has 0 aliphatic rings. The van der Waals surface area contributed by atoms with Crippen LogP contribution in [0, 0.1) is 5.95 Å². The molecule has 0 saturated carbocycles. The molecule has 1 heterocycles. The van der Waals surface area contributed by atoms with Gasteiger partial charge in [0.25, 0.3) is 0 Å². The van der Waals surface area contributed by atoms with Gasteiger partial charge in [-0.3, -0.25) is 0 Å². The Balaban J connectivity index is 2.96. The molecule has 2 nitrogen and oxygen atoms in total. The highest BCUT2D eigenvalue weighted by molar-refractivity contribution is 5.12. The van der Waals surface area contributed by atoms with Crippen LogP contribution in [0.15, 0.2) is 18.3 Å². The third-order valence-electron chi connectivity index (χ3n) is 1.23. The summed E-state index contributed by atoms with van der Waals surface area (Å²) in [7, 11) is 0. The highest BCUT2D eigenvalue weighted by Gasteiger charge is 2.00. The molecule has 1 N–H and O–H groups in total. The number of aliphatic hydroxyl groups excluding tert-OH is 1. The zero-order valence-corrected chi connectivity index (χ0v) is 5.58. The van der Waals surface area contributed by atoms with E-state index in [-0.39, 0.29) is 0 Å². The number of aliphatic hydroxyl groups is 1. The zero-order chi connectivity index (χ0) is 7.56. The lowest BCUT2D eigenvalue weighted by Crippen LogP contribution is -1.92. The van der Waals surface area contributed by atoms with E-state index in [4.69, 9.17) is 5.11 Å². The third-order valence-corrected chi connectivity index (χ3v) is 1.23. The van der Waals surface area contributed by atoms with Crippen LogP contribution >= 0.6 is 0 Å². The van der Waals surface area contributed by atoms with E-state index in [1.807, 2.05) is 0 Å². The fraction of sp³-hybridized carbons (Fsp3) is 0.286. The van der Waals surface area contributed by atoms with E-state index in [0.29, 0.717) is 5.56 Å². The van der Waals surface area contributed by atoms with Gasteiger partial charge in [-0.15, -0.1) is 0 Å². The molecule has 0 saturated heterocycles. The van der Waals surface area contributed by atoms with Crippen LogP contribution in [0.5, 0.6) is 0 Å². The summed E-state index contributed by atoms with van der Waals surface area (Å²) in [5.74, 6) is -0.557. The maximum Gasteiger partial charge on any atom is 0.213 e. The van der Waals surface area contributed by atoms with Gasteiger partial charge in [0, 0.05) is 6.20 Å². The molecule has 0 radical (unpaired) electrons. The number of hydrogen-bond donors (Lipinski definition) is 1. The molecule has 0 aliphatic heterocycles. The minimum atomic E-state index is -0.627. The van der Waals surface area contributed by atoms with Crippen LogP contribution in [0.4, 0.5) is 4.39 Å². The summed E-state index contributed by atoms with van der Waals surface area (Å²) in [5, 5.41) is 8.95. The number of halogens is 1. The predicted molar refractivity (Wildman–Crippen MR) is 34.8 cm³/mol. The summed E-state index contributed by atoms with van der Waals surface area (Å²) in [6.45, 7) is 1.58. The van der Waals surface area contributed by atoms with Gasteiger partial charge < -0.3 is 5.11 Å². The lowest BCUT2D eigenvalue weighted by Gasteiger charge is -2.01. The summed E-state index contributed by atoms with van der Waals surface area (Å²) in [6, 6.07) is 2.79. The van der Waals surface area contributed by atoms with E-state index in [9.17, 15) is 4.39 Å². The van der Waals surface area contributed by atoms with Crippen molar-refractivity contribution < 1.29 is 9.50 Å². The van der Waals surface area contributed by atoms with Crippen LogP contribution in [-0.4, -0.2) is 10.1 Å². The number of hydrogen-bond acceptors (Lipinski definition) is 2. The van der Waals surface area contributed by atoms with Crippen molar-refractivity contribution in [1.29, 1.82) is 0 Å². The summed E-state index contributed by atoms with van der Waals surface area (Å²) >= 11 is 0. The fourth-order valence-corrected chi connectivity index (χ4v) is 0.677. The SMILES string of the molecule is C[C@@H](O)c1ccnc(F)c1. The van der Waals surface area contributed by atoms with Crippen molar-refractivity contribution >= 4 is 0 Å². The molecule has 1 rings (SSSR count). The Morgan fingerprint density at radius 1 is 1.70 bits per heavy atom. The van der Waals surface area contributed by atoms with Crippen LogP contribution in [0.2, 0.25) is 0 Å². The first-order valence-corrected chi connectivity index (χ1v) is 2.99. The first kappa shape index (κ1) is 7.15. The highest BCUT2D eigenvalue weighted by atomic mass is 19.1. The molecule has 1 atom stereocenters. The largest absolute Gasteiger partial charge is 0.389 e. The second-order valence-corrected chi connectivity index (χ2v) is 2.09. The van der Waals surface area contributed by atoms with Gasteiger partial charge in [-0.1, -0.05) is 0 Å². The fourth-order valence-electron chi connectivity index (χ4n) is 0.677. The summed E-state index contributed by atoms with van der Waals surface area (Å²) in [6.07, 6.45) is 0.703. The van der Waals surface area contributed by atoms with Gasteiger partial charge in [0.05, 0.1) is 6.10 Å². The lowest BCUT2D eigenvalue weighted by molar-refractivity contribution is 0.198. The Bertz CT molecular complexity index is 225. The molecule has 0 unspecified atom stereocenters. The molecule has 0 amide bonds. The molecule has 0 bridgehead atoms. The van der Waals surface area contributed by atoms with E-state index in [0.717, 1.165) is 0 Å². The lowest BCUT2D eigenvalue weighted by atomic mass is 10.2. The van der Waals surface area contributed by atoms with E-state index >= 15 is 0 Å². The van der Waals surface area contributed by atoms with Crippen LogP contribution in [0.1, 0.15) is 18.6 Å².